The maximum absolute atomic E-state index is 11.8. The van der Waals surface area contributed by atoms with E-state index in [1.807, 2.05) is 20.8 Å². The maximum atomic E-state index is 11.8. The molecule has 1 saturated carbocycles. The number of alkyl carbamates (subject to hydrolysis) is 1. The lowest BCUT2D eigenvalue weighted by molar-refractivity contribution is 0.0505. The summed E-state index contributed by atoms with van der Waals surface area (Å²) in [7, 11) is 0. The fraction of sp³-hybridized carbons (Fsp3) is 0.769. The van der Waals surface area contributed by atoms with E-state index >= 15 is 0 Å². The Morgan fingerprint density at radius 2 is 2.18 bits per heavy atom. The van der Waals surface area contributed by atoms with Crippen molar-refractivity contribution >= 4 is 6.09 Å². The van der Waals surface area contributed by atoms with E-state index in [9.17, 15) is 4.79 Å². The molecule has 0 unspecified atom stereocenters. The molecule has 0 radical (unpaired) electrons. The Hall–Kier alpha value is -1.03. The SMILES string of the molecule is CC(C)(C)OC(=O)NC1(C2=CCCNC2)CC1. The fourth-order valence-corrected chi connectivity index (χ4v) is 2.16. The third-order valence-electron chi connectivity index (χ3n) is 3.13. The summed E-state index contributed by atoms with van der Waals surface area (Å²) in [6.07, 6.45) is 5.05. The van der Waals surface area contributed by atoms with Crippen molar-refractivity contribution in [2.24, 2.45) is 0 Å². The second-order valence-corrected chi connectivity index (χ2v) is 5.90. The number of nitrogens with one attached hydrogen (secondary N) is 2. The van der Waals surface area contributed by atoms with Crippen molar-refractivity contribution in [3.05, 3.63) is 11.6 Å². The first-order valence-corrected chi connectivity index (χ1v) is 6.33. The van der Waals surface area contributed by atoms with Gasteiger partial charge in [0.25, 0.3) is 0 Å². The highest BCUT2D eigenvalue weighted by Crippen LogP contribution is 2.42. The van der Waals surface area contributed by atoms with Crippen molar-refractivity contribution in [2.45, 2.75) is 51.2 Å². The molecule has 0 spiro atoms. The lowest BCUT2D eigenvalue weighted by Crippen LogP contribution is -2.44. The van der Waals surface area contributed by atoms with Crippen LogP contribution in [-0.4, -0.2) is 30.3 Å². The van der Waals surface area contributed by atoms with Gasteiger partial charge >= 0.3 is 6.09 Å². The number of carbonyl (C=O) groups is 1. The summed E-state index contributed by atoms with van der Waals surface area (Å²) < 4.78 is 5.31. The lowest BCUT2D eigenvalue weighted by atomic mass is 10.0. The van der Waals surface area contributed by atoms with Crippen LogP contribution in [0.5, 0.6) is 0 Å². The van der Waals surface area contributed by atoms with Crippen LogP contribution in [0.1, 0.15) is 40.0 Å². The van der Waals surface area contributed by atoms with Crippen molar-refractivity contribution in [2.75, 3.05) is 13.1 Å². The van der Waals surface area contributed by atoms with Gasteiger partial charge in [-0.15, -0.1) is 0 Å². The zero-order chi connectivity index (χ0) is 12.5. The van der Waals surface area contributed by atoms with Gasteiger partial charge in [0.1, 0.15) is 5.60 Å². The van der Waals surface area contributed by atoms with Crippen LogP contribution in [0.3, 0.4) is 0 Å². The molecule has 0 aromatic carbocycles. The molecule has 96 valence electrons. The number of ether oxygens (including phenoxy) is 1. The average molecular weight is 238 g/mol. The van der Waals surface area contributed by atoms with Gasteiger partial charge in [0, 0.05) is 6.54 Å². The highest BCUT2D eigenvalue weighted by molar-refractivity contribution is 5.70. The molecule has 0 aromatic rings. The first-order chi connectivity index (χ1) is 7.91. The van der Waals surface area contributed by atoms with Crippen LogP contribution in [-0.2, 0) is 4.74 Å². The van der Waals surface area contributed by atoms with Crippen molar-refractivity contribution in [1.29, 1.82) is 0 Å². The molecule has 4 nitrogen and oxygen atoms in total. The highest BCUT2D eigenvalue weighted by Gasteiger charge is 2.47. The molecule has 4 heteroatoms. The standard InChI is InChI=1S/C13H22N2O2/c1-12(2,3)17-11(16)15-13(6-7-13)10-5-4-8-14-9-10/h5,14H,4,6-9H2,1-3H3,(H,15,16). The quantitative estimate of drug-likeness (QED) is 0.723. The molecule has 0 aromatic heterocycles. The van der Waals surface area contributed by atoms with Gasteiger partial charge in [0.05, 0.1) is 5.54 Å². The molecule has 1 heterocycles. The van der Waals surface area contributed by atoms with Crippen molar-refractivity contribution in [3.63, 3.8) is 0 Å². The van der Waals surface area contributed by atoms with E-state index in [0.29, 0.717) is 0 Å². The summed E-state index contributed by atoms with van der Waals surface area (Å²) >= 11 is 0. The maximum Gasteiger partial charge on any atom is 0.408 e. The van der Waals surface area contributed by atoms with Gasteiger partial charge in [-0.1, -0.05) is 6.08 Å². The number of hydrogen-bond acceptors (Lipinski definition) is 3. The van der Waals surface area contributed by atoms with Crippen LogP contribution in [0.15, 0.2) is 11.6 Å². The minimum absolute atomic E-state index is 0.115. The summed E-state index contributed by atoms with van der Waals surface area (Å²) in [5.74, 6) is 0. The Labute approximate surface area is 103 Å². The molecule has 0 bridgehead atoms. The fourth-order valence-electron chi connectivity index (χ4n) is 2.16. The predicted octanol–water partition coefficient (Wildman–Crippen LogP) is 1.96. The van der Waals surface area contributed by atoms with Gasteiger partial charge in [-0.2, -0.15) is 0 Å². The summed E-state index contributed by atoms with van der Waals surface area (Å²) in [5.41, 5.74) is 0.768. The summed E-state index contributed by atoms with van der Waals surface area (Å²) in [4.78, 5) is 11.8. The molecule has 0 atom stereocenters. The molecule has 17 heavy (non-hydrogen) atoms. The summed E-state index contributed by atoms with van der Waals surface area (Å²) in [6, 6.07) is 0. The third-order valence-corrected chi connectivity index (χ3v) is 3.13. The first kappa shape index (κ1) is 12.4. The zero-order valence-electron chi connectivity index (χ0n) is 10.9. The van der Waals surface area contributed by atoms with Crippen LogP contribution in [0.25, 0.3) is 0 Å². The number of carbonyl (C=O) groups excluding carboxylic acids is 1. The van der Waals surface area contributed by atoms with Crippen LogP contribution in [0, 0.1) is 0 Å². The van der Waals surface area contributed by atoms with Gasteiger partial charge in [-0.25, -0.2) is 4.79 Å². The molecule has 2 rings (SSSR count). The Morgan fingerprint density at radius 1 is 1.47 bits per heavy atom. The van der Waals surface area contributed by atoms with Gasteiger partial charge in [-0.05, 0) is 52.2 Å². The molecule has 1 aliphatic carbocycles. The predicted molar refractivity (Wildman–Crippen MR) is 66.9 cm³/mol. The Morgan fingerprint density at radius 3 is 2.65 bits per heavy atom. The second-order valence-electron chi connectivity index (χ2n) is 5.90. The lowest BCUT2D eigenvalue weighted by Gasteiger charge is -2.27. The summed E-state index contributed by atoms with van der Waals surface area (Å²) in [6.45, 7) is 7.57. The number of amides is 1. The minimum Gasteiger partial charge on any atom is -0.444 e. The van der Waals surface area contributed by atoms with Crippen LogP contribution in [0.2, 0.25) is 0 Å². The molecular weight excluding hydrogens is 216 g/mol. The van der Waals surface area contributed by atoms with Gasteiger partial charge < -0.3 is 15.4 Å². The smallest absolute Gasteiger partial charge is 0.408 e. The van der Waals surface area contributed by atoms with Gasteiger partial charge in [0.2, 0.25) is 0 Å². The molecule has 1 aliphatic heterocycles. The Kier molecular flexibility index (Phi) is 3.17. The van der Waals surface area contributed by atoms with Crippen molar-refractivity contribution < 1.29 is 9.53 Å². The van der Waals surface area contributed by atoms with E-state index in [4.69, 9.17) is 4.74 Å². The van der Waals surface area contributed by atoms with E-state index < -0.39 is 5.60 Å². The second kappa shape index (κ2) is 4.33. The van der Waals surface area contributed by atoms with Gasteiger partial charge in [0.15, 0.2) is 0 Å². The minimum atomic E-state index is -0.431. The summed E-state index contributed by atoms with van der Waals surface area (Å²) in [5, 5.41) is 6.37. The first-order valence-electron chi connectivity index (χ1n) is 6.33. The highest BCUT2D eigenvalue weighted by atomic mass is 16.6. The van der Waals surface area contributed by atoms with Crippen LogP contribution in [0.4, 0.5) is 4.79 Å². The van der Waals surface area contributed by atoms with Crippen molar-refractivity contribution in [3.8, 4) is 0 Å². The molecule has 2 aliphatic rings. The molecule has 1 fully saturated rings. The molecule has 2 N–H and O–H groups in total. The molecular formula is C13H22N2O2. The van der Waals surface area contributed by atoms with E-state index in [-0.39, 0.29) is 11.6 Å². The van der Waals surface area contributed by atoms with Gasteiger partial charge in [-0.3, -0.25) is 0 Å². The monoisotopic (exact) mass is 238 g/mol. The third kappa shape index (κ3) is 3.22. The largest absolute Gasteiger partial charge is 0.444 e. The Bertz CT molecular complexity index is 338. The normalized spacial score (nSPS) is 22.6. The van der Waals surface area contributed by atoms with E-state index in [2.05, 4.69) is 16.7 Å². The number of rotatable bonds is 2. The Balaban J connectivity index is 1.94. The number of hydrogen-bond donors (Lipinski definition) is 2. The van der Waals surface area contributed by atoms with E-state index in [0.717, 1.165) is 32.4 Å². The average Bonchev–Trinajstić information content (AvgIpc) is 2.97. The van der Waals surface area contributed by atoms with Crippen molar-refractivity contribution in [1.82, 2.24) is 10.6 Å². The van der Waals surface area contributed by atoms with E-state index in [1.165, 1.54) is 5.57 Å². The molecule has 0 saturated heterocycles. The molecule has 1 amide bonds. The van der Waals surface area contributed by atoms with E-state index in [1.54, 1.807) is 0 Å². The van der Waals surface area contributed by atoms with Crippen LogP contribution >= 0.6 is 0 Å². The zero-order valence-corrected chi connectivity index (χ0v) is 10.9. The van der Waals surface area contributed by atoms with Crippen LogP contribution < -0.4 is 10.6 Å². The topological polar surface area (TPSA) is 50.4 Å².